The highest BCUT2D eigenvalue weighted by atomic mass is 16.6. The van der Waals surface area contributed by atoms with Crippen LogP contribution in [0.5, 0.6) is 0 Å². The fourth-order valence-corrected chi connectivity index (χ4v) is 1.99. The van der Waals surface area contributed by atoms with Crippen molar-refractivity contribution >= 4 is 17.2 Å². The number of ketones is 1. The van der Waals surface area contributed by atoms with Crippen molar-refractivity contribution < 1.29 is 15.2 Å². The second-order valence-corrected chi connectivity index (χ2v) is 3.96. The summed E-state index contributed by atoms with van der Waals surface area (Å²) < 4.78 is 0. The highest BCUT2D eigenvalue weighted by molar-refractivity contribution is 6.01. The average molecular weight is 242 g/mol. The molecule has 0 aromatic heterocycles. The van der Waals surface area contributed by atoms with Crippen molar-refractivity contribution in [3.8, 4) is 0 Å². The second-order valence-electron chi connectivity index (χ2n) is 3.96. The van der Waals surface area contributed by atoms with Gasteiger partial charge in [-0.05, 0) is 36.4 Å². The summed E-state index contributed by atoms with van der Waals surface area (Å²) in [7, 11) is 0. The predicted octanol–water partition coefficient (Wildman–Crippen LogP) is 2.00. The summed E-state index contributed by atoms with van der Waals surface area (Å²) in [5.41, 5.74) is 1.53. The molecule has 0 spiro atoms. The van der Waals surface area contributed by atoms with Gasteiger partial charge in [0, 0.05) is 5.57 Å². The van der Waals surface area contributed by atoms with Gasteiger partial charge in [0.05, 0.1) is 11.4 Å². The summed E-state index contributed by atoms with van der Waals surface area (Å²) >= 11 is 0. The van der Waals surface area contributed by atoms with Gasteiger partial charge in [-0.1, -0.05) is 12.1 Å². The van der Waals surface area contributed by atoms with Crippen molar-refractivity contribution in [1.82, 2.24) is 0 Å². The number of anilines is 2. The van der Waals surface area contributed by atoms with Gasteiger partial charge in [0.25, 0.3) is 0 Å². The zero-order chi connectivity index (χ0) is 12.7. The van der Waals surface area contributed by atoms with Gasteiger partial charge < -0.3 is 0 Å². The lowest BCUT2D eigenvalue weighted by Gasteiger charge is -2.17. The maximum Gasteiger partial charge on any atom is 0.178 e. The quantitative estimate of drug-likeness (QED) is 0.728. The van der Waals surface area contributed by atoms with Gasteiger partial charge in [0.1, 0.15) is 0 Å². The topological polar surface area (TPSA) is 64.0 Å². The molecule has 1 aromatic carbocycles. The van der Waals surface area contributed by atoms with Crippen LogP contribution in [0, 0.1) is 0 Å². The van der Waals surface area contributed by atoms with Crippen molar-refractivity contribution in [2.75, 3.05) is 10.1 Å². The molecular weight excluding hydrogens is 232 g/mol. The van der Waals surface area contributed by atoms with Crippen molar-refractivity contribution in [3.05, 3.63) is 60.0 Å². The summed E-state index contributed by atoms with van der Waals surface area (Å²) in [6.45, 7) is 0. The van der Waals surface area contributed by atoms with E-state index >= 15 is 0 Å². The van der Waals surface area contributed by atoms with E-state index in [9.17, 15) is 15.2 Å². The monoisotopic (exact) mass is 242 g/mol. The number of nitrogens with zero attached hydrogens (tertiary/aromatic N) is 2. The molecule has 0 fully saturated rings. The lowest BCUT2D eigenvalue weighted by atomic mass is 10.1. The summed E-state index contributed by atoms with van der Waals surface area (Å²) in [6.07, 6.45) is 5.87. The van der Waals surface area contributed by atoms with Gasteiger partial charge in [0.15, 0.2) is 11.6 Å². The van der Waals surface area contributed by atoms with Crippen molar-refractivity contribution in [1.29, 1.82) is 0 Å². The van der Waals surface area contributed by atoms with Crippen LogP contribution in [0.3, 0.4) is 0 Å². The Morgan fingerprint density at radius 1 is 0.833 bits per heavy atom. The number of hydrogen-bond acceptors (Lipinski definition) is 5. The van der Waals surface area contributed by atoms with E-state index in [-0.39, 0.29) is 11.6 Å². The first-order chi connectivity index (χ1) is 8.68. The maximum atomic E-state index is 11.1. The van der Waals surface area contributed by atoms with E-state index in [1.807, 2.05) is 0 Å². The van der Waals surface area contributed by atoms with Crippen LogP contribution in [0.2, 0.25) is 0 Å². The molecule has 5 heteroatoms. The first-order valence-electron chi connectivity index (χ1n) is 5.40. The number of hydroxylamine groups is 2. The average Bonchev–Trinajstić information content (AvgIpc) is 2.64. The van der Waals surface area contributed by atoms with E-state index in [4.69, 9.17) is 0 Å². The Labute approximate surface area is 103 Å². The Morgan fingerprint density at radius 3 is 1.83 bits per heavy atom. The minimum atomic E-state index is -0.121. The molecule has 0 unspecified atom stereocenters. The molecule has 0 bridgehead atoms. The molecular formula is C13H10N2O3. The molecule has 2 aliphatic rings. The van der Waals surface area contributed by atoms with Crippen LogP contribution in [0.1, 0.15) is 0 Å². The fourth-order valence-electron chi connectivity index (χ4n) is 1.99. The Balaban J connectivity index is 2.12. The van der Waals surface area contributed by atoms with Gasteiger partial charge >= 0.3 is 0 Å². The molecule has 0 saturated heterocycles. The van der Waals surface area contributed by atoms with Crippen LogP contribution in [-0.2, 0) is 4.79 Å². The first kappa shape index (κ1) is 10.8. The van der Waals surface area contributed by atoms with E-state index < -0.39 is 0 Å². The Kier molecular flexibility index (Phi) is 2.29. The zero-order valence-electron chi connectivity index (χ0n) is 9.32. The molecule has 1 heterocycles. The molecule has 2 N–H and O–H groups in total. The number of rotatable bonds is 0. The van der Waals surface area contributed by atoms with Gasteiger partial charge in [-0.15, -0.1) is 0 Å². The Bertz CT molecular complexity index is 567. The standard InChI is InChI=1S/C13H10N2O3/c16-10-7-5-9(6-8-10)13-14(17)11-3-1-2-4-12(11)15(13)18/h1-8,17-18H. The number of hydrogen-bond donors (Lipinski definition) is 2. The van der Waals surface area contributed by atoms with E-state index in [1.54, 1.807) is 36.4 Å². The van der Waals surface area contributed by atoms with Gasteiger partial charge in [-0.25, -0.2) is 10.1 Å². The molecule has 0 radical (unpaired) electrons. The molecule has 0 saturated carbocycles. The summed E-state index contributed by atoms with van der Waals surface area (Å²) in [5, 5.41) is 21.9. The number of benzene rings is 1. The van der Waals surface area contributed by atoms with Crippen LogP contribution >= 0.6 is 0 Å². The van der Waals surface area contributed by atoms with Crippen molar-refractivity contribution in [2.24, 2.45) is 0 Å². The molecule has 0 atom stereocenters. The Hall–Kier alpha value is -2.37. The molecule has 3 rings (SSSR count). The summed E-state index contributed by atoms with van der Waals surface area (Å²) in [4.78, 5) is 11.1. The molecule has 1 aliphatic heterocycles. The highest BCUT2D eigenvalue weighted by Crippen LogP contribution is 2.40. The lowest BCUT2D eigenvalue weighted by Crippen LogP contribution is -2.24. The second kappa shape index (κ2) is 3.83. The number of carbonyl (C=O) groups is 1. The van der Waals surface area contributed by atoms with Crippen LogP contribution in [0.25, 0.3) is 0 Å². The maximum absolute atomic E-state index is 11.1. The number of fused-ring (bicyclic) bond motifs is 1. The van der Waals surface area contributed by atoms with E-state index in [1.165, 1.54) is 12.2 Å². The minimum absolute atomic E-state index is 0.121. The Morgan fingerprint density at radius 2 is 1.33 bits per heavy atom. The third kappa shape index (κ3) is 1.46. The van der Waals surface area contributed by atoms with Gasteiger partial charge in [-0.3, -0.25) is 15.2 Å². The predicted molar refractivity (Wildman–Crippen MR) is 65.3 cm³/mol. The smallest absolute Gasteiger partial charge is 0.178 e. The zero-order valence-corrected chi connectivity index (χ0v) is 9.32. The van der Waals surface area contributed by atoms with Crippen molar-refractivity contribution in [2.45, 2.75) is 0 Å². The molecule has 1 aromatic rings. The third-order valence-electron chi connectivity index (χ3n) is 2.85. The van der Waals surface area contributed by atoms with Crippen LogP contribution in [-0.4, -0.2) is 16.2 Å². The number of para-hydroxylation sites is 2. The first-order valence-corrected chi connectivity index (χ1v) is 5.40. The van der Waals surface area contributed by atoms with Crippen LogP contribution < -0.4 is 10.1 Å². The van der Waals surface area contributed by atoms with Crippen molar-refractivity contribution in [3.63, 3.8) is 0 Å². The molecule has 90 valence electrons. The van der Waals surface area contributed by atoms with E-state index in [2.05, 4.69) is 0 Å². The number of allylic oxidation sites excluding steroid dienone is 5. The summed E-state index contributed by atoms with van der Waals surface area (Å²) in [5.74, 6) is 0.0834. The largest absolute Gasteiger partial charge is 0.290 e. The molecule has 18 heavy (non-hydrogen) atoms. The fraction of sp³-hybridized carbons (Fsp3) is 0. The third-order valence-corrected chi connectivity index (χ3v) is 2.85. The lowest BCUT2D eigenvalue weighted by molar-refractivity contribution is -0.110. The van der Waals surface area contributed by atoms with Crippen LogP contribution in [0.15, 0.2) is 60.0 Å². The number of carbonyl (C=O) groups excluding carboxylic acids is 1. The SMILES string of the molecule is O=C1C=CC(=C2N(O)c3ccccc3N2O)C=C1. The van der Waals surface area contributed by atoms with E-state index in [0.717, 1.165) is 10.1 Å². The normalized spacial score (nSPS) is 17.8. The molecule has 5 nitrogen and oxygen atoms in total. The highest BCUT2D eigenvalue weighted by Gasteiger charge is 2.31. The van der Waals surface area contributed by atoms with Gasteiger partial charge in [-0.2, -0.15) is 0 Å². The molecule has 0 amide bonds. The minimum Gasteiger partial charge on any atom is -0.290 e. The summed E-state index contributed by atoms with van der Waals surface area (Å²) in [6, 6.07) is 6.90. The van der Waals surface area contributed by atoms with Gasteiger partial charge in [0.2, 0.25) is 0 Å². The molecule has 1 aliphatic carbocycles. The van der Waals surface area contributed by atoms with Crippen LogP contribution in [0.4, 0.5) is 11.4 Å². The van der Waals surface area contributed by atoms with E-state index in [0.29, 0.717) is 16.9 Å².